The molecule has 1 aliphatic heterocycles. The van der Waals surface area contributed by atoms with Crippen LogP contribution >= 0.6 is 0 Å². The van der Waals surface area contributed by atoms with Crippen LogP contribution in [0.5, 0.6) is 11.5 Å². The smallest absolute Gasteiger partial charge is 0.410 e. The Morgan fingerprint density at radius 1 is 0.706 bits per heavy atom. The maximum atomic E-state index is 13.1. The first-order valence-electron chi connectivity index (χ1n) is 11.8. The van der Waals surface area contributed by atoms with E-state index in [0.29, 0.717) is 0 Å². The Morgan fingerprint density at radius 3 is 1.94 bits per heavy atom. The molecule has 1 aliphatic rings. The fourth-order valence-electron chi connectivity index (χ4n) is 4.93. The van der Waals surface area contributed by atoms with Gasteiger partial charge in [0.05, 0.1) is 14.2 Å². The number of nitrogens with zero attached hydrogens (tertiary/aromatic N) is 1. The van der Waals surface area contributed by atoms with Crippen LogP contribution in [0, 0.1) is 0 Å². The molecule has 1 fully saturated rings. The molecule has 0 radical (unpaired) electrons. The molecule has 1 atom stereocenters. The van der Waals surface area contributed by atoms with Gasteiger partial charge in [0.25, 0.3) is 0 Å². The third-order valence-electron chi connectivity index (χ3n) is 6.60. The lowest BCUT2D eigenvalue weighted by Gasteiger charge is -2.29. The second-order valence-electron chi connectivity index (χ2n) is 8.64. The Kier molecular flexibility index (Phi) is 6.26. The Hall–Kier alpha value is -3.73. The number of benzene rings is 4. The van der Waals surface area contributed by atoms with E-state index in [9.17, 15) is 4.79 Å². The Labute approximate surface area is 199 Å². The van der Waals surface area contributed by atoms with Gasteiger partial charge in [-0.25, -0.2) is 4.79 Å². The van der Waals surface area contributed by atoms with E-state index in [0.717, 1.165) is 76.5 Å². The number of ether oxygens (including phenoxy) is 3. The van der Waals surface area contributed by atoms with Crippen molar-refractivity contribution < 1.29 is 19.0 Å². The zero-order valence-corrected chi connectivity index (χ0v) is 19.6. The van der Waals surface area contributed by atoms with Crippen LogP contribution in [0.3, 0.4) is 0 Å². The van der Waals surface area contributed by atoms with Crippen LogP contribution in [0.4, 0.5) is 4.79 Å². The molecule has 1 heterocycles. The zero-order valence-electron chi connectivity index (χ0n) is 19.6. The second-order valence-corrected chi connectivity index (χ2v) is 8.64. The van der Waals surface area contributed by atoms with E-state index < -0.39 is 6.10 Å². The van der Waals surface area contributed by atoms with E-state index in [2.05, 4.69) is 6.07 Å². The van der Waals surface area contributed by atoms with Gasteiger partial charge in [-0.15, -0.1) is 0 Å². The molecule has 174 valence electrons. The molecular formula is C29H29NO4. The third kappa shape index (κ3) is 4.03. The van der Waals surface area contributed by atoms with E-state index in [-0.39, 0.29) is 6.09 Å². The van der Waals surface area contributed by atoms with Crippen molar-refractivity contribution in [3.8, 4) is 11.5 Å². The van der Waals surface area contributed by atoms with Gasteiger partial charge in [0.2, 0.25) is 0 Å². The van der Waals surface area contributed by atoms with E-state index in [4.69, 9.17) is 14.2 Å². The number of fused-ring (bicyclic) bond motifs is 2. The van der Waals surface area contributed by atoms with Gasteiger partial charge in [-0.1, -0.05) is 66.7 Å². The summed E-state index contributed by atoms with van der Waals surface area (Å²) in [5, 5.41) is 3.85. The summed E-state index contributed by atoms with van der Waals surface area (Å²) in [6, 6.07) is 24.1. The van der Waals surface area contributed by atoms with Crippen LogP contribution in [-0.2, 0) is 4.74 Å². The van der Waals surface area contributed by atoms with Gasteiger partial charge in [-0.05, 0) is 36.5 Å². The molecule has 1 amide bonds. The summed E-state index contributed by atoms with van der Waals surface area (Å²) in [5.74, 6) is 1.59. The molecule has 5 nitrogen and oxygen atoms in total. The molecule has 0 saturated carbocycles. The summed E-state index contributed by atoms with van der Waals surface area (Å²) < 4.78 is 17.9. The largest absolute Gasteiger partial charge is 0.495 e. The number of hydrogen-bond acceptors (Lipinski definition) is 4. The van der Waals surface area contributed by atoms with Crippen molar-refractivity contribution in [3.63, 3.8) is 0 Å². The Balaban J connectivity index is 1.64. The van der Waals surface area contributed by atoms with Crippen LogP contribution in [0.25, 0.3) is 21.5 Å². The van der Waals surface area contributed by atoms with Crippen molar-refractivity contribution in [2.75, 3.05) is 27.3 Å². The highest BCUT2D eigenvalue weighted by Crippen LogP contribution is 2.44. The van der Waals surface area contributed by atoms with Gasteiger partial charge >= 0.3 is 6.09 Å². The number of methoxy groups -OCH3 is 2. The lowest BCUT2D eigenvalue weighted by atomic mass is 9.95. The molecule has 5 rings (SSSR count). The minimum Gasteiger partial charge on any atom is -0.495 e. The third-order valence-corrected chi connectivity index (χ3v) is 6.60. The topological polar surface area (TPSA) is 48.0 Å². The summed E-state index contributed by atoms with van der Waals surface area (Å²) in [5.41, 5.74) is 1.82. The highest BCUT2D eigenvalue weighted by molar-refractivity contribution is 6.11. The first-order chi connectivity index (χ1) is 16.7. The quantitative estimate of drug-likeness (QED) is 0.313. The normalized spacial score (nSPS) is 14.7. The lowest BCUT2D eigenvalue weighted by molar-refractivity contribution is 0.0716. The number of hydrogen-bond donors (Lipinski definition) is 0. The van der Waals surface area contributed by atoms with Crippen molar-refractivity contribution >= 4 is 27.6 Å². The van der Waals surface area contributed by atoms with Gasteiger partial charge in [-0.3, -0.25) is 0 Å². The number of rotatable bonds is 5. The van der Waals surface area contributed by atoms with Crippen LogP contribution in [0.2, 0.25) is 0 Å². The fraction of sp³-hybridized carbons (Fsp3) is 0.276. The maximum Gasteiger partial charge on any atom is 0.410 e. The first-order valence-corrected chi connectivity index (χ1v) is 11.8. The zero-order chi connectivity index (χ0) is 23.5. The monoisotopic (exact) mass is 455 g/mol. The molecule has 4 aromatic rings. The molecule has 0 bridgehead atoms. The SMILES string of the molecule is COc1c2ccccc2c(OC)c2cc(C(OC(=O)N3CCCCC3)c3ccccc3)ccc12. The molecule has 0 spiro atoms. The standard InChI is InChI=1S/C29H29NO4/c1-32-27-22-13-7-8-14-23(22)28(33-2)25-19-21(15-16-24(25)27)26(20-11-5-3-6-12-20)34-29(31)30-17-9-4-10-18-30/h3,5-8,11-16,19,26H,4,9-10,17-18H2,1-2H3. The van der Waals surface area contributed by atoms with Crippen LogP contribution in [-0.4, -0.2) is 38.3 Å². The molecule has 1 saturated heterocycles. The molecule has 0 aliphatic carbocycles. The van der Waals surface area contributed by atoms with Gasteiger partial charge in [0.1, 0.15) is 11.5 Å². The lowest BCUT2D eigenvalue weighted by Crippen LogP contribution is -2.36. The van der Waals surface area contributed by atoms with Crippen LogP contribution < -0.4 is 9.47 Å². The van der Waals surface area contributed by atoms with Gasteiger partial charge in [0.15, 0.2) is 6.10 Å². The summed E-state index contributed by atoms with van der Waals surface area (Å²) >= 11 is 0. The second kappa shape index (κ2) is 9.64. The van der Waals surface area contributed by atoms with Crippen molar-refractivity contribution in [3.05, 3.63) is 83.9 Å². The fourth-order valence-corrected chi connectivity index (χ4v) is 4.93. The van der Waals surface area contributed by atoms with Crippen molar-refractivity contribution in [2.45, 2.75) is 25.4 Å². The van der Waals surface area contributed by atoms with Crippen LogP contribution in [0.1, 0.15) is 36.5 Å². The molecular weight excluding hydrogens is 426 g/mol. The number of piperidine rings is 1. The predicted molar refractivity (Wildman–Crippen MR) is 135 cm³/mol. The summed E-state index contributed by atoms with van der Waals surface area (Å²) in [6.45, 7) is 1.49. The van der Waals surface area contributed by atoms with E-state index in [1.165, 1.54) is 0 Å². The van der Waals surface area contributed by atoms with Crippen molar-refractivity contribution in [2.24, 2.45) is 0 Å². The minimum absolute atomic E-state index is 0.267. The van der Waals surface area contributed by atoms with Crippen molar-refractivity contribution in [1.29, 1.82) is 0 Å². The Bertz CT molecular complexity index is 1310. The highest BCUT2D eigenvalue weighted by atomic mass is 16.6. The molecule has 5 heteroatoms. The molecule has 0 N–H and O–H groups in total. The first kappa shape index (κ1) is 22.1. The minimum atomic E-state index is -0.526. The van der Waals surface area contributed by atoms with Crippen molar-refractivity contribution in [1.82, 2.24) is 4.90 Å². The van der Waals surface area contributed by atoms with Gasteiger partial charge < -0.3 is 19.1 Å². The summed E-state index contributed by atoms with van der Waals surface area (Å²) in [4.78, 5) is 14.9. The number of carbonyl (C=O) groups excluding carboxylic acids is 1. The molecule has 1 unspecified atom stereocenters. The number of amides is 1. The van der Waals surface area contributed by atoms with Crippen LogP contribution in [0.15, 0.2) is 72.8 Å². The average Bonchev–Trinajstić information content (AvgIpc) is 2.91. The summed E-state index contributed by atoms with van der Waals surface area (Å²) in [7, 11) is 3.38. The highest BCUT2D eigenvalue weighted by Gasteiger charge is 2.25. The predicted octanol–water partition coefficient (Wildman–Crippen LogP) is 6.72. The number of likely N-dealkylation sites (tertiary alicyclic amines) is 1. The Morgan fingerprint density at radius 2 is 1.29 bits per heavy atom. The summed E-state index contributed by atoms with van der Waals surface area (Å²) in [6.07, 6.45) is 2.40. The van der Waals surface area contributed by atoms with E-state index in [1.807, 2.05) is 71.6 Å². The van der Waals surface area contributed by atoms with E-state index >= 15 is 0 Å². The molecule has 34 heavy (non-hydrogen) atoms. The molecule has 0 aromatic heterocycles. The maximum absolute atomic E-state index is 13.1. The number of carbonyl (C=O) groups is 1. The average molecular weight is 456 g/mol. The van der Waals surface area contributed by atoms with E-state index in [1.54, 1.807) is 14.2 Å². The van der Waals surface area contributed by atoms with Gasteiger partial charge in [0, 0.05) is 34.6 Å². The molecule has 4 aromatic carbocycles. The van der Waals surface area contributed by atoms with Gasteiger partial charge in [-0.2, -0.15) is 0 Å².